The Kier molecular flexibility index (Phi) is 6.00. The van der Waals surface area contributed by atoms with E-state index in [4.69, 9.17) is 4.74 Å². The van der Waals surface area contributed by atoms with Gasteiger partial charge in [-0.15, -0.1) is 0 Å². The van der Waals surface area contributed by atoms with Crippen molar-refractivity contribution in [1.82, 2.24) is 0 Å². The third kappa shape index (κ3) is 4.15. The molecule has 0 fully saturated rings. The molecule has 7 heteroatoms. The van der Waals surface area contributed by atoms with Gasteiger partial charge in [0.1, 0.15) is 23.1 Å². The molecule has 3 heterocycles. The van der Waals surface area contributed by atoms with Crippen LogP contribution in [0.2, 0.25) is 0 Å². The number of nitrogens with zero attached hydrogens (tertiary/aromatic N) is 3. The third-order valence-electron chi connectivity index (χ3n) is 9.71. The van der Waals surface area contributed by atoms with Crippen LogP contribution in [0.1, 0.15) is 0 Å². The molecule has 10 rings (SSSR count). The zero-order valence-corrected chi connectivity index (χ0v) is 26.1. The Balaban J connectivity index is 1.34. The molecule has 0 atom stereocenters. The molecule has 7 aromatic carbocycles. The Morgan fingerprint density at radius 1 is 0.429 bits per heavy atom. The molecule has 3 aliphatic heterocycles. The molecule has 0 amide bonds. The molecule has 0 aliphatic carbocycles. The van der Waals surface area contributed by atoms with E-state index in [0.717, 1.165) is 79.1 Å². The van der Waals surface area contributed by atoms with Crippen molar-refractivity contribution in [1.29, 1.82) is 0 Å². The zero-order chi connectivity index (χ0) is 32.6. The molecule has 3 aliphatic rings. The largest absolute Gasteiger partial charge is 0.458 e. The first-order valence-corrected chi connectivity index (χ1v) is 16.3. The first-order valence-electron chi connectivity index (χ1n) is 16.3. The molecule has 0 spiro atoms. The Morgan fingerprint density at radius 3 is 1.33 bits per heavy atom. The van der Waals surface area contributed by atoms with Gasteiger partial charge in [-0.2, -0.15) is 0 Å². The third-order valence-corrected chi connectivity index (χ3v) is 9.71. The van der Waals surface area contributed by atoms with Crippen LogP contribution >= 0.6 is 0 Å². The van der Waals surface area contributed by atoms with E-state index < -0.39 is 0 Å². The summed E-state index contributed by atoms with van der Waals surface area (Å²) in [6.07, 6.45) is 0. The summed E-state index contributed by atoms with van der Waals surface area (Å²) in [6, 6.07) is 50.7. The second kappa shape index (κ2) is 10.6. The number of rotatable bonds is 5. The van der Waals surface area contributed by atoms with Crippen LogP contribution < -0.4 is 35.8 Å². The molecule has 0 saturated carbocycles. The summed E-state index contributed by atoms with van der Waals surface area (Å²) in [5.74, 6) is 0.997. The first kappa shape index (κ1) is 27.7. The van der Waals surface area contributed by atoms with E-state index in [1.807, 2.05) is 84.9 Å². The van der Waals surface area contributed by atoms with E-state index in [9.17, 15) is 8.78 Å². The molecule has 0 unspecified atom stereocenters. The van der Waals surface area contributed by atoms with Crippen LogP contribution in [0.25, 0.3) is 0 Å². The van der Waals surface area contributed by atoms with Gasteiger partial charge < -0.3 is 19.4 Å². The van der Waals surface area contributed by atoms with Crippen molar-refractivity contribution in [3.8, 4) is 11.5 Å². The van der Waals surface area contributed by atoms with Gasteiger partial charge in [0.2, 0.25) is 0 Å². The molecule has 0 radical (unpaired) electrons. The van der Waals surface area contributed by atoms with E-state index in [1.165, 1.54) is 24.3 Å². The number of hydrogen-bond donors (Lipinski definition) is 0. The average Bonchev–Trinajstić information content (AvgIpc) is 3.14. The maximum atomic E-state index is 14.4. The first-order chi connectivity index (χ1) is 24.1. The molecule has 0 N–H and O–H groups in total. The van der Waals surface area contributed by atoms with E-state index in [2.05, 4.69) is 63.2 Å². The van der Waals surface area contributed by atoms with Crippen molar-refractivity contribution in [3.05, 3.63) is 169 Å². The Morgan fingerprint density at radius 2 is 0.878 bits per heavy atom. The molecule has 4 nitrogen and oxygen atoms in total. The van der Waals surface area contributed by atoms with Crippen LogP contribution in [-0.2, 0) is 0 Å². The SMILES string of the molecule is Fc1ccc(N2c3cccc4c3B3c5c(cccc5N(c5ccc(F)cc5)c5cc(N(c6ccccc6)c6ccccc6)cc2c53)O4)cc1. The molecule has 49 heavy (non-hydrogen) atoms. The fourth-order valence-electron chi connectivity index (χ4n) is 7.77. The van der Waals surface area contributed by atoms with E-state index in [1.54, 1.807) is 0 Å². The fourth-order valence-corrected chi connectivity index (χ4v) is 7.77. The van der Waals surface area contributed by atoms with Gasteiger partial charge in [-0.1, -0.05) is 48.5 Å². The number of ether oxygens (including phenoxy) is 1. The molecule has 232 valence electrons. The Bertz CT molecular complexity index is 2240. The van der Waals surface area contributed by atoms with Crippen LogP contribution in [0.4, 0.5) is 60.0 Å². The highest BCUT2D eigenvalue weighted by Gasteiger charge is 2.48. The molecule has 7 aromatic rings. The highest BCUT2D eigenvalue weighted by molar-refractivity contribution is 7.01. The minimum atomic E-state index is -0.298. The summed E-state index contributed by atoms with van der Waals surface area (Å²) in [4.78, 5) is 6.69. The molecule has 0 bridgehead atoms. The van der Waals surface area contributed by atoms with Gasteiger partial charge >= 0.3 is 0 Å². The van der Waals surface area contributed by atoms with Crippen LogP contribution in [-0.4, -0.2) is 6.71 Å². The molecule has 0 aromatic heterocycles. The normalized spacial score (nSPS) is 13.1. The van der Waals surface area contributed by atoms with Gasteiger partial charge in [0, 0.05) is 45.5 Å². The van der Waals surface area contributed by atoms with Gasteiger partial charge in [0.15, 0.2) is 0 Å². The topological polar surface area (TPSA) is 19.0 Å². The zero-order valence-electron chi connectivity index (χ0n) is 26.1. The number of halogens is 2. The number of hydrogen-bond acceptors (Lipinski definition) is 4. The predicted octanol–water partition coefficient (Wildman–Crippen LogP) is 9.62. The quantitative estimate of drug-likeness (QED) is 0.175. The van der Waals surface area contributed by atoms with Crippen molar-refractivity contribution in [2.75, 3.05) is 14.7 Å². The van der Waals surface area contributed by atoms with Crippen molar-refractivity contribution >= 4 is 74.3 Å². The lowest BCUT2D eigenvalue weighted by Crippen LogP contribution is -2.63. The van der Waals surface area contributed by atoms with Crippen molar-refractivity contribution in [2.24, 2.45) is 0 Å². The maximum Gasteiger partial charge on any atom is 0.261 e. The molecular formula is C42H26BF2N3O. The summed E-state index contributed by atoms with van der Waals surface area (Å²) in [5, 5.41) is 0. The van der Waals surface area contributed by atoms with Gasteiger partial charge in [0.25, 0.3) is 6.71 Å². The van der Waals surface area contributed by atoms with Crippen LogP contribution in [0.15, 0.2) is 158 Å². The summed E-state index contributed by atoms with van der Waals surface area (Å²) >= 11 is 0. The lowest BCUT2D eigenvalue weighted by molar-refractivity contribution is 0.487. The second-order valence-electron chi connectivity index (χ2n) is 12.4. The van der Waals surface area contributed by atoms with Crippen molar-refractivity contribution < 1.29 is 13.5 Å². The molecular weight excluding hydrogens is 611 g/mol. The highest BCUT2D eigenvalue weighted by Crippen LogP contribution is 2.50. The van der Waals surface area contributed by atoms with E-state index in [-0.39, 0.29) is 18.3 Å². The molecule has 0 saturated heterocycles. The maximum absolute atomic E-state index is 14.4. The summed E-state index contributed by atoms with van der Waals surface area (Å²) in [5.41, 5.74) is 11.7. The summed E-state index contributed by atoms with van der Waals surface area (Å²) < 4.78 is 35.5. The predicted molar refractivity (Wildman–Crippen MR) is 195 cm³/mol. The van der Waals surface area contributed by atoms with Gasteiger partial charge in [-0.3, -0.25) is 0 Å². The minimum absolute atomic E-state index is 0.125. The lowest BCUT2D eigenvalue weighted by atomic mass is 9.32. The monoisotopic (exact) mass is 637 g/mol. The van der Waals surface area contributed by atoms with Gasteiger partial charge in [0.05, 0.1) is 5.69 Å². The van der Waals surface area contributed by atoms with Gasteiger partial charge in [-0.05, 0) is 126 Å². The standard InChI is InChI=1S/C42H26BF2N3O/c44-27-17-21-31(22-18-27)47-34-13-7-15-38-41(34)43-40-36(47)25-33(46(29-9-3-1-4-10-29)30-11-5-2-6-12-30)26-37(40)48(32-23-19-28(45)20-24-32)35-14-8-16-39(49-38)42(35)43/h1-26H. The summed E-state index contributed by atoms with van der Waals surface area (Å²) in [6.45, 7) is -0.125. The second-order valence-corrected chi connectivity index (χ2v) is 12.4. The van der Waals surface area contributed by atoms with Crippen LogP contribution in [0.5, 0.6) is 11.5 Å². The minimum Gasteiger partial charge on any atom is -0.458 e. The van der Waals surface area contributed by atoms with Crippen molar-refractivity contribution in [2.45, 2.75) is 0 Å². The van der Waals surface area contributed by atoms with Crippen LogP contribution in [0.3, 0.4) is 0 Å². The van der Waals surface area contributed by atoms with Crippen LogP contribution in [0, 0.1) is 11.6 Å². The average molecular weight is 637 g/mol. The van der Waals surface area contributed by atoms with Crippen molar-refractivity contribution in [3.63, 3.8) is 0 Å². The number of benzene rings is 7. The van der Waals surface area contributed by atoms with E-state index >= 15 is 0 Å². The Labute approximate surface area is 282 Å². The highest BCUT2D eigenvalue weighted by atomic mass is 19.1. The van der Waals surface area contributed by atoms with E-state index in [0.29, 0.717) is 0 Å². The van der Waals surface area contributed by atoms with Gasteiger partial charge in [-0.25, -0.2) is 8.78 Å². The number of para-hydroxylation sites is 2. The smallest absolute Gasteiger partial charge is 0.261 e. The fraction of sp³-hybridized carbons (Fsp3) is 0. The number of anilines is 9. The lowest BCUT2D eigenvalue weighted by Gasteiger charge is -2.47. The summed E-state index contributed by atoms with van der Waals surface area (Å²) in [7, 11) is 0. The Hall–Kier alpha value is -6.34.